The highest BCUT2D eigenvalue weighted by Crippen LogP contribution is 1.91. The van der Waals surface area contributed by atoms with E-state index < -0.39 is 17.1 Å². The van der Waals surface area contributed by atoms with E-state index in [0.29, 0.717) is 26.1 Å². The van der Waals surface area contributed by atoms with Crippen LogP contribution >= 0.6 is 0 Å². The number of hydrogen-bond acceptors (Lipinski definition) is 3. The Morgan fingerprint density at radius 2 is 0.950 bits per heavy atom. The predicted molar refractivity (Wildman–Crippen MR) is 79.3 cm³/mol. The van der Waals surface area contributed by atoms with Crippen LogP contribution in [0.25, 0.3) is 0 Å². The highest BCUT2D eigenvalue weighted by molar-refractivity contribution is 4.79. The van der Waals surface area contributed by atoms with Gasteiger partial charge in [0, 0.05) is 19.6 Å². The van der Waals surface area contributed by atoms with Gasteiger partial charge in [0.15, 0.2) is 0 Å². The Bertz CT molecular complexity index is 549. The van der Waals surface area contributed by atoms with Crippen LogP contribution in [0.1, 0.15) is 52.9 Å². The van der Waals surface area contributed by atoms with E-state index in [1.165, 1.54) is 13.7 Å². The van der Waals surface area contributed by atoms with Crippen LogP contribution in [0.3, 0.4) is 0 Å². The van der Waals surface area contributed by atoms with Crippen LogP contribution in [0.15, 0.2) is 14.4 Å². The van der Waals surface area contributed by atoms with Crippen LogP contribution in [0.4, 0.5) is 0 Å². The maximum Gasteiger partial charge on any atom is 0.336 e. The fourth-order valence-corrected chi connectivity index (χ4v) is 2.11. The minimum absolute atomic E-state index is 0.357. The fraction of sp³-hybridized carbons (Fsp3) is 0.786. The molecule has 6 nitrogen and oxygen atoms in total. The summed E-state index contributed by atoms with van der Waals surface area (Å²) in [6, 6.07) is 0. The van der Waals surface area contributed by atoms with Gasteiger partial charge in [-0.15, -0.1) is 0 Å². The molecule has 1 rings (SSSR count). The summed E-state index contributed by atoms with van der Waals surface area (Å²) in [6.45, 7) is 7.03. The molecule has 0 spiro atoms. The van der Waals surface area contributed by atoms with Crippen molar-refractivity contribution >= 4 is 0 Å². The fourth-order valence-electron chi connectivity index (χ4n) is 2.11. The van der Waals surface area contributed by atoms with Crippen molar-refractivity contribution in [1.29, 1.82) is 0 Å². The third-order valence-electron chi connectivity index (χ3n) is 3.30. The third kappa shape index (κ3) is 3.49. The molecule has 0 amide bonds. The summed E-state index contributed by atoms with van der Waals surface area (Å²) >= 11 is 0. The number of nitrogens with zero attached hydrogens (tertiary/aromatic N) is 3. The van der Waals surface area contributed by atoms with Crippen LogP contribution < -0.4 is 17.1 Å². The standard InChI is InChI=1S/C14H25N3O3/c1-4-7-10-16-12(18)15(9-6-3)13(19)17(14(16)20)11-8-5-2/h4-11H2,1-3H3. The van der Waals surface area contributed by atoms with E-state index in [2.05, 4.69) is 0 Å². The van der Waals surface area contributed by atoms with Gasteiger partial charge in [0.2, 0.25) is 0 Å². The molecule has 0 aliphatic heterocycles. The zero-order valence-electron chi connectivity index (χ0n) is 12.7. The number of aromatic nitrogens is 3. The normalized spacial score (nSPS) is 10.9. The first kappa shape index (κ1) is 16.5. The molecule has 20 heavy (non-hydrogen) atoms. The molecule has 0 saturated carbocycles. The van der Waals surface area contributed by atoms with Crippen molar-refractivity contribution in [2.24, 2.45) is 0 Å². The van der Waals surface area contributed by atoms with E-state index in [9.17, 15) is 14.4 Å². The molecule has 1 heterocycles. The molecule has 0 fully saturated rings. The molecule has 0 unspecified atom stereocenters. The molecule has 0 aromatic carbocycles. The highest BCUT2D eigenvalue weighted by atomic mass is 16.2. The van der Waals surface area contributed by atoms with Gasteiger partial charge in [-0.3, -0.25) is 0 Å². The van der Waals surface area contributed by atoms with Gasteiger partial charge in [-0.2, -0.15) is 0 Å². The van der Waals surface area contributed by atoms with Gasteiger partial charge in [-0.25, -0.2) is 28.1 Å². The number of unbranched alkanes of at least 4 members (excludes halogenated alkanes) is 2. The summed E-state index contributed by atoms with van der Waals surface area (Å²) in [5.41, 5.74) is -1.40. The van der Waals surface area contributed by atoms with Crippen LogP contribution in [0, 0.1) is 0 Å². The summed E-state index contributed by atoms with van der Waals surface area (Å²) in [5.74, 6) is 0. The second kappa shape index (κ2) is 7.87. The Kier molecular flexibility index (Phi) is 6.48. The van der Waals surface area contributed by atoms with Crippen LogP contribution in [-0.4, -0.2) is 13.7 Å². The Morgan fingerprint density at radius 3 is 1.25 bits per heavy atom. The van der Waals surface area contributed by atoms with Crippen molar-refractivity contribution < 1.29 is 0 Å². The second-order valence-electron chi connectivity index (χ2n) is 5.01. The zero-order valence-corrected chi connectivity index (χ0v) is 12.7. The molecule has 0 radical (unpaired) electrons. The minimum Gasteiger partial charge on any atom is -0.247 e. The Hall–Kier alpha value is -1.59. The van der Waals surface area contributed by atoms with Crippen molar-refractivity contribution in [3.8, 4) is 0 Å². The van der Waals surface area contributed by atoms with Gasteiger partial charge in [0.25, 0.3) is 0 Å². The average Bonchev–Trinajstić information content (AvgIpc) is 2.43. The van der Waals surface area contributed by atoms with Crippen molar-refractivity contribution in [3.05, 3.63) is 31.5 Å². The van der Waals surface area contributed by atoms with Gasteiger partial charge >= 0.3 is 17.1 Å². The zero-order chi connectivity index (χ0) is 15.1. The van der Waals surface area contributed by atoms with E-state index >= 15 is 0 Å². The van der Waals surface area contributed by atoms with Gasteiger partial charge in [0.05, 0.1) is 0 Å². The van der Waals surface area contributed by atoms with Crippen LogP contribution in [0.5, 0.6) is 0 Å². The molecule has 0 aliphatic carbocycles. The molecular formula is C14H25N3O3. The smallest absolute Gasteiger partial charge is 0.247 e. The molecule has 0 atom stereocenters. The first-order chi connectivity index (χ1) is 9.58. The molecule has 1 aromatic heterocycles. The Morgan fingerprint density at radius 1 is 0.600 bits per heavy atom. The molecular weight excluding hydrogens is 258 g/mol. The Balaban J connectivity index is 3.43. The molecule has 0 saturated heterocycles. The second-order valence-corrected chi connectivity index (χ2v) is 5.01. The van der Waals surface area contributed by atoms with Crippen molar-refractivity contribution in [3.63, 3.8) is 0 Å². The predicted octanol–water partition coefficient (Wildman–Crippen LogP) is 1.18. The Labute approximate surface area is 118 Å². The van der Waals surface area contributed by atoms with Gasteiger partial charge < -0.3 is 0 Å². The van der Waals surface area contributed by atoms with Crippen molar-refractivity contribution in [2.45, 2.75) is 72.5 Å². The molecule has 6 heteroatoms. The van der Waals surface area contributed by atoms with E-state index in [0.717, 1.165) is 25.7 Å². The van der Waals surface area contributed by atoms with E-state index in [1.54, 1.807) is 0 Å². The SMILES string of the molecule is CCCCn1c(=O)n(CCC)c(=O)n(CCCC)c1=O. The maximum atomic E-state index is 12.3. The molecule has 114 valence electrons. The lowest BCUT2D eigenvalue weighted by Gasteiger charge is -2.13. The largest absolute Gasteiger partial charge is 0.336 e. The summed E-state index contributed by atoms with van der Waals surface area (Å²) in [6.07, 6.45) is 4.00. The maximum absolute atomic E-state index is 12.3. The summed E-state index contributed by atoms with van der Waals surface area (Å²) in [5, 5.41) is 0. The van der Waals surface area contributed by atoms with Crippen LogP contribution in [0.2, 0.25) is 0 Å². The van der Waals surface area contributed by atoms with Crippen molar-refractivity contribution in [1.82, 2.24) is 13.7 Å². The van der Waals surface area contributed by atoms with E-state index in [4.69, 9.17) is 0 Å². The van der Waals surface area contributed by atoms with Crippen LogP contribution in [-0.2, 0) is 19.6 Å². The third-order valence-corrected chi connectivity index (χ3v) is 3.30. The topological polar surface area (TPSA) is 66.0 Å². The van der Waals surface area contributed by atoms with Crippen molar-refractivity contribution in [2.75, 3.05) is 0 Å². The average molecular weight is 283 g/mol. The monoisotopic (exact) mass is 283 g/mol. The first-order valence-electron chi connectivity index (χ1n) is 7.52. The number of rotatable bonds is 8. The van der Waals surface area contributed by atoms with Gasteiger partial charge in [-0.1, -0.05) is 33.6 Å². The van der Waals surface area contributed by atoms with E-state index in [-0.39, 0.29) is 0 Å². The van der Waals surface area contributed by atoms with E-state index in [1.807, 2.05) is 20.8 Å². The molecule has 0 aliphatic rings. The van der Waals surface area contributed by atoms with Gasteiger partial charge in [0.1, 0.15) is 0 Å². The quantitative estimate of drug-likeness (QED) is 0.719. The summed E-state index contributed by atoms with van der Waals surface area (Å²) < 4.78 is 3.60. The molecule has 0 bridgehead atoms. The lowest BCUT2D eigenvalue weighted by Crippen LogP contribution is -2.54. The minimum atomic E-state index is -0.469. The molecule has 0 N–H and O–H groups in total. The first-order valence-corrected chi connectivity index (χ1v) is 7.52. The lowest BCUT2D eigenvalue weighted by molar-refractivity contribution is 0.428. The van der Waals surface area contributed by atoms with Gasteiger partial charge in [-0.05, 0) is 19.3 Å². The lowest BCUT2D eigenvalue weighted by atomic mass is 10.3. The molecule has 1 aromatic rings. The summed E-state index contributed by atoms with van der Waals surface area (Å²) in [4.78, 5) is 36.8. The number of hydrogen-bond donors (Lipinski definition) is 0. The highest BCUT2D eigenvalue weighted by Gasteiger charge is 2.14. The summed E-state index contributed by atoms with van der Waals surface area (Å²) in [7, 11) is 0.